The van der Waals surface area contributed by atoms with Gasteiger partial charge in [0.25, 0.3) is 5.91 Å². The number of hydrogen-bond donors (Lipinski definition) is 1. The average molecular weight is 442 g/mol. The van der Waals surface area contributed by atoms with E-state index in [0.717, 1.165) is 3.57 Å². The normalized spacial score (nSPS) is 10.6. The Morgan fingerprint density at radius 1 is 1.22 bits per heavy atom. The monoisotopic (exact) mass is 441 g/mol. The summed E-state index contributed by atoms with van der Waals surface area (Å²) in [6.07, 6.45) is 1.60. The van der Waals surface area contributed by atoms with Crippen molar-refractivity contribution in [2.45, 2.75) is 0 Å². The van der Waals surface area contributed by atoms with Crippen LogP contribution in [-0.2, 0) is 0 Å². The Bertz CT molecular complexity index is 881. The Labute approximate surface area is 150 Å². The van der Waals surface area contributed by atoms with Gasteiger partial charge < -0.3 is 5.32 Å². The van der Waals surface area contributed by atoms with Gasteiger partial charge >= 0.3 is 0 Å². The summed E-state index contributed by atoms with van der Waals surface area (Å²) in [7, 11) is 0. The van der Waals surface area contributed by atoms with E-state index in [4.69, 9.17) is 11.6 Å². The van der Waals surface area contributed by atoms with Crippen molar-refractivity contribution in [2.75, 3.05) is 5.32 Å². The minimum atomic E-state index is -0.386. The van der Waals surface area contributed by atoms with E-state index in [0.29, 0.717) is 16.4 Å². The average Bonchev–Trinajstić information content (AvgIpc) is 3.00. The van der Waals surface area contributed by atoms with Crippen molar-refractivity contribution in [1.29, 1.82) is 0 Å². The van der Waals surface area contributed by atoms with E-state index >= 15 is 0 Å². The standard InChI is InChI=1S/C16H10ClFIN3O/c17-13-9-11(19)4-5-14(13)20-16(23)15-6-7-22(21-15)12-3-1-2-10(18)8-12/h1-9H,(H,20,23). The van der Waals surface area contributed by atoms with Gasteiger partial charge in [0.2, 0.25) is 0 Å². The molecule has 0 fully saturated rings. The summed E-state index contributed by atoms with van der Waals surface area (Å²) in [4.78, 5) is 12.2. The smallest absolute Gasteiger partial charge is 0.276 e. The molecule has 0 aliphatic rings. The molecule has 0 spiro atoms. The van der Waals surface area contributed by atoms with Gasteiger partial charge in [-0.2, -0.15) is 5.10 Å². The molecular weight excluding hydrogens is 432 g/mol. The summed E-state index contributed by atoms with van der Waals surface area (Å²) >= 11 is 8.23. The predicted molar refractivity (Wildman–Crippen MR) is 95.6 cm³/mol. The number of anilines is 1. The molecule has 0 radical (unpaired) electrons. The van der Waals surface area contributed by atoms with Crippen LogP contribution in [0, 0.1) is 9.39 Å². The number of amides is 1. The van der Waals surface area contributed by atoms with Crippen LogP contribution in [0.5, 0.6) is 0 Å². The minimum absolute atomic E-state index is 0.212. The van der Waals surface area contributed by atoms with Gasteiger partial charge in [-0.3, -0.25) is 4.79 Å². The molecule has 1 N–H and O–H groups in total. The third-order valence-corrected chi connectivity index (χ3v) is 4.06. The molecule has 23 heavy (non-hydrogen) atoms. The highest BCUT2D eigenvalue weighted by atomic mass is 127. The van der Waals surface area contributed by atoms with E-state index in [1.807, 2.05) is 6.07 Å². The molecule has 0 aliphatic heterocycles. The second kappa shape index (κ2) is 6.67. The van der Waals surface area contributed by atoms with E-state index < -0.39 is 0 Å². The van der Waals surface area contributed by atoms with Crippen molar-refractivity contribution in [3.05, 3.63) is 74.8 Å². The first-order valence-electron chi connectivity index (χ1n) is 6.61. The predicted octanol–water partition coefficient (Wildman–Crippen LogP) is 4.52. The molecule has 0 saturated carbocycles. The van der Waals surface area contributed by atoms with Gasteiger partial charge in [0.05, 0.1) is 16.4 Å². The first-order chi connectivity index (χ1) is 11.0. The van der Waals surface area contributed by atoms with Crippen LogP contribution >= 0.6 is 34.2 Å². The second-order valence-corrected chi connectivity index (χ2v) is 6.36. The van der Waals surface area contributed by atoms with Gasteiger partial charge in [-0.15, -0.1) is 0 Å². The minimum Gasteiger partial charge on any atom is -0.319 e. The Kier molecular flexibility index (Phi) is 4.63. The zero-order valence-corrected chi connectivity index (χ0v) is 14.5. The zero-order valence-electron chi connectivity index (χ0n) is 11.6. The van der Waals surface area contributed by atoms with Gasteiger partial charge in [0.1, 0.15) is 5.82 Å². The van der Waals surface area contributed by atoms with Crippen LogP contribution in [0.4, 0.5) is 10.1 Å². The fraction of sp³-hybridized carbons (Fsp3) is 0. The second-order valence-electron chi connectivity index (χ2n) is 4.70. The van der Waals surface area contributed by atoms with Crippen molar-refractivity contribution >= 4 is 45.8 Å². The molecule has 116 valence electrons. The molecule has 1 heterocycles. The summed E-state index contributed by atoms with van der Waals surface area (Å²) in [5.74, 6) is -0.752. The van der Waals surface area contributed by atoms with E-state index in [2.05, 4.69) is 33.0 Å². The molecule has 4 nitrogen and oxygen atoms in total. The molecule has 0 saturated heterocycles. The number of hydrogen-bond acceptors (Lipinski definition) is 2. The van der Waals surface area contributed by atoms with Crippen LogP contribution in [0.15, 0.2) is 54.7 Å². The highest BCUT2D eigenvalue weighted by molar-refractivity contribution is 14.1. The number of nitrogens with zero attached hydrogens (tertiary/aromatic N) is 2. The zero-order chi connectivity index (χ0) is 16.4. The van der Waals surface area contributed by atoms with E-state index in [9.17, 15) is 9.18 Å². The number of benzene rings is 2. The fourth-order valence-electron chi connectivity index (χ4n) is 1.98. The number of carbonyl (C=O) groups is 1. The highest BCUT2D eigenvalue weighted by Crippen LogP contribution is 2.24. The van der Waals surface area contributed by atoms with Crippen molar-refractivity contribution in [3.63, 3.8) is 0 Å². The van der Waals surface area contributed by atoms with Crippen molar-refractivity contribution < 1.29 is 9.18 Å². The Morgan fingerprint density at radius 2 is 2.04 bits per heavy atom. The summed E-state index contributed by atoms with van der Waals surface area (Å²) in [5.41, 5.74) is 1.26. The molecule has 0 atom stereocenters. The summed E-state index contributed by atoms with van der Waals surface area (Å²) < 4.78 is 15.7. The number of aromatic nitrogens is 2. The first kappa shape index (κ1) is 15.9. The van der Waals surface area contributed by atoms with Crippen LogP contribution < -0.4 is 5.32 Å². The van der Waals surface area contributed by atoms with Gasteiger partial charge in [-0.25, -0.2) is 9.07 Å². The highest BCUT2D eigenvalue weighted by Gasteiger charge is 2.12. The van der Waals surface area contributed by atoms with Crippen LogP contribution in [0.3, 0.4) is 0 Å². The molecule has 0 aliphatic carbocycles. The van der Waals surface area contributed by atoms with Crippen LogP contribution in [0.1, 0.15) is 10.5 Å². The molecule has 2 aromatic carbocycles. The van der Waals surface area contributed by atoms with Gasteiger partial charge in [-0.05, 0) is 65.1 Å². The molecule has 3 rings (SSSR count). The number of carbonyl (C=O) groups excluding carboxylic acids is 1. The largest absolute Gasteiger partial charge is 0.319 e. The van der Waals surface area contributed by atoms with Crippen LogP contribution in [0.2, 0.25) is 5.02 Å². The molecule has 0 bridgehead atoms. The van der Waals surface area contributed by atoms with Crippen LogP contribution in [-0.4, -0.2) is 15.7 Å². The lowest BCUT2D eigenvalue weighted by Crippen LogP contribution is -2.13. The third kappa shape index (κ3) is 3.70. The van der Waals surface area contributed by atoms with E-state index in [-0.39, 0.29) is 17.4 Å². The molecule has 1 amide bonds. The number of rotatable bonds is 3. The first-order valence-corrected chi connectivity index (χ1v) is 8.06. The van der Waals surface area contributed by atoms with Gasteiger partial charge in [-0.1, -0.05) is 17.7 Å². The third-order valence-electron chi connectivity index (χ3n) is 3.07. The van der Waals surface area contributed by atoms with Gasteiger partial charge in [0.15, 0.2) is 5.69 Å². The quantitative estimate of drug-likeness (QED) is 0.608. The lowest BCUT2D eigenvalue weighted by Gasteiger charge is -2.06. The maximum absolute atomic E-state index is 13.2. The summed E-state index contributed by atoms with van der Waals surface area (Å²) in [6.45, 7) is 0. The van der Waals surface area contributed by atoms with Crippen LogP contribution in [0.25, 0.3) is 5.69 Å². The fourth-order valence-corrected chi connectivity index (χ4v) is 2.89. The topological polar surface area (TPSA) is 46.9 Å². The summed E-state index contributed by atoms with van der Waals surface area (Å²) in [6, 6.07) is 12.8. The van der Waals surface area contributed by atoms with E-state index in [1.54, 1.807) is 36.5 Å². The molecule has 0 unspecified atom stereocenters. The lowest BCUT2D eigenvalue weighted by molar-refractivity contribution is 0.102. The molecular formula is C16H10ClFIN3O. The molecule has 3 aromatic rings. The van der Waals surface area contributed by atoms with Crippen molar-refractivity contribution in [3.8, 4) is 5.69 Å². The van der Waals surface area contributed by atoms with Gasteiger partial charge in [0, 0.05) is 9.77 Å². The Balaban J connectivity index is 1.81. The lowest BCUT2D eigenvalue weighted by atomic mass is 10.3. The molecule has 1 aromatic heterocycles. The molecule has 7 heteroatoms. The van der Waals surface area contributed by atoms with Crippen molar-refractivity contribution in [1.82, 2.24) is 9.78 Å². The maximum atomic E-state index is 13.2. The SMILES string of the molecule is O=C(Nc1ccc(I)cc1Cl)c1ccn(-c2cccc(F)c2)n1. The number of nitrogens with one attached hydrogen (secondary N) is 1. The Hall–Kier alpha value is -1.93. The van der Waals surface area contributed by atoms with Crippen molar-refractivity contribution in [2.24, 2.45) is 0 Å². The Morgan fingerprint density at radius 3 is 2.78 bits per heavy atom. The maximum Gasteiger partial charge on any atom is 0.276 e. The number of halogens is 3. The van der Waals surface area contributed by atoms with E-state index in [1.165, 1.54) is 16.8 Å². The summed E-state index contributed by atoms with van der Waals surface area (Å²) in [5, 5.41) is 7.32.